The van der Waals surface area contributed by atoms with Crippen molar-refractivity contribution in [2.75, 3.05) is 43.9 Å². The number of hydrogen-bond donors (Lipinski definition) is 4. The summed E-state index contributed by atoms with van der Waals surface area (Å²) < 4.78 is 5.71. The Morgan fingerprint density at radius 3 is 2.92 bits per heavy atom. The normalized spacial score (nSPS) is 23.6. The van der Waals surface area contributed by atoms with Gasteiger partial charge in [0.25, 0.3) is 0 Å². The molecule has 0 aliphatic carbocycles. The number of nitriles is 1. The van der Waals surface area contributed by atoms with Crippen molar-refractivity contribution in [1.82, 2.24) is 0 Å². The van der Waals surface area contributed by atoms with E-state index >= 15 is 0 Å². The van der Waals surface area contributed by atoms with Gasteiger partial charge in [-0.15, -0.1) is 0 Å². The molecule has 1 unspecified atom stereocenters. The van der Waals surface area contributed by atoms with Crippen LogP contribution in [0.5, 0.6) is 0 Å². The van der Waals surface area contributed by atoms with Crippen LogP contribution in [0.4, 0.5) is 11.6 Å². The number of quaternary nitrogens is 1. The summed E-state index contributed by atoms with van der Waals surface area (Å²) in [7, 11) is 2.18. The van der Waals surface area contributed by atoms with Gasteiger partial charge in [-0.05, 0) is 25.3 Å². The lowest BCUT2D eigenvalue weighted by atomic mass is 9.96. The van der Waals surface area contributed by atoms with E-state index in [4.69, 9.17) is 4.74 Å². The summed E-state index contributed by atoms with van der Waals surface area (Å²) in [6.07, 6.45) is 2.87. The predicted octanol–water partition coefficient (Wildman–Crippen LogP) is -0.673. The van der Waals surface area contributed by atoms with Crippen LogP contribution in [0, 0.1) is 11.3 Å². The van der Waals surface area contributed by atoms with Crippen molar-refractivity contribution in [3.63, 3.8) is 0 Å². The highest BCUT2D eigenvalue weighted by Gasteiger charge is 2.29. The molecule has 0 bridgehead atoms. The first-order chi connectivity index (χ1) is 12.1. The summed E-state index contributed by atoms with van der Waals surface area (Å²) in [6, 6.07) is 2.35. The number of hydrogen-bond acceptors (Lipinski definition) is 5. The Kier molecular flexibility index (Phi) is 5.74. The second-order valence-electron chi connectivity index (χ2n) is 7.20. The molecular weight excluding hydrogens is 318 g/mol. The number of aromatic amines is 1. The Bertz CT molecular complexity index is 650. The summed E-state index contributed by atoms with van der Waals surface area (Å²) >= 11 is 0. The summed E-state index contributed by atoms with van der Waals surface area (Å²) in [5.74, 6) is 1.66. The highest BCUT2D eigenvalue weighted by Crippen LogP contribution is 2.26. The van der Waals surface area contributed by atoms with Crippen LogP contribution in [-0.4, -0.2) is 50.6 Å². The van der Waals surface area contributed by atoms with Gasteiger partial charge < -0.3 is 25.4 Å². The zero-order valence-electron chi connectivity index (χ0n) is 15.1. The van der Waals surface area contributed by atoms with Crippen molar-refractivity contribution in [1.29, 1.82) is 5.26 Å². The third kappa shape index (κ3) is 4.21. The molecule has 5 N–H and O–H groups in total. The minimum absolute atomic E-state index is 0.252. The molecule has 2 aliphatic heterocycles. The largest absolute Gasteiger partial charge is 0.390 e. The average molecular weight is 347 g/mol. The van der Waals surface area contributed by atoms with E-state index in [-0.39, 0.29) is 6.10 Å². The van der Waals surface area contributed by atoms with Gasteiger partial charge in [0, 0.05) is 13.0 Å². The summed E-state index contributed by atoms with van der Waals surface area (Å²) in [5, 5.41) is 25.9. The molecule has 3 heterocycles. The molecule has 0 radical (unpaired) electrons. The molecule has 0 saturated carbocycles. The minimum Gasteiger partial charge on any atom is -0.390 e. The van der Waals surface area contributed by atoms with Crippen LogP contribution in [0.2, 0.25) is 0 Å². The Morgan fingerprint density at radius 1 is 1.40 bits per heavy atom. The number of anilines is 2. The quantitative estimate of drug-likeness (QED) is 0.547. The molecule has 136 valence electrons. The lowest BCUT2D eigenvalue weighted by Crippen LogP contribution is -3.08. The number of aromatic nitrogens is 1. The standard InChI is InChI=1S/C18H27N5O2/c1-12(24)9-20-17-15(8-19)14-5-6-23(2)11-16(14)18(22-17)21-10-13-4-3-7-25-13/h12-13,24H,3-7,9-11H2,1-2H3,(H2,20,21,22)/p+2/t12-,13-/m0/s1. The maximum absolute atomic E-state index is 9.68. The molecule has 25 heavy (non-hydrogen) atoms. The number of nitrogens with one attached hydrogen (secondary N) is 4. The molecule has 0 aromatic carbocycles. The molecule has 1 saturated heterocycles. The molecule has 7 nitrogen and oxygen atoms in total. The zero-order chi connectivity index (χ0) is 17.8. The Morgan fingerprint density at radius 2 is 2.24 bits per heavy atom. The first kappa shape index (κ1) is 17.9. The number of fused-ring (bicyclic) bond motifs is 1. The van der Waals surface area contributed by atoms with Crippen LogP contribution in [0.3, 0.4) is 0 Å². The monoisotopic (exact) mass is 347 g/mol. The molecule has 3 atom stereocenters. The third-order valence-electron chi connectivity index (χ3n) is 4.96. The number of aliphatic hydroxyl groups excluding tert-OH is 1. The molecule has 0 amide bonds. The molecular formula is C18H29N5O2+2. The second kappa shape index (κ2) is 8.00. The van der Waals surface area contributed by atoms with E-state index in [1.807, 2.05) is 0 Å². The van der Waals surface area contributed by atoms with Gasteiger partial charge in [0.15, 0.2) is 0 Å². The van der Waals surface area contributed by atoms with E-state index in [9.17, 15) is 10.4 Å². The Labute approximate surface area is 149 Å². The van der Waals surface area contributed by atoms with Crippen LogP contribution in [-0.2, 0) is 17.7 Å². The molecule has 1 aromatic heterocycles. The number of aliphatic hydroxyl groups is 1. The second-order valence-corrected chi connectivity index (χ2v) is 7.20. The van der Waals surface area contributed by atoms with Crippen molar-refractivity contribution < 1.29 is 19.7 Å². The number of nitrogens with zero attached hydrogens (tertiary/aromatic N) is 1. The number of ether oxygens (including phenoxy) is 1. The van der Waals surface area contributed by atoms with Gasteiger partial charge in [-0.2, -0.15) is 5.26 Å². The van der Waals surface area contributed by atoms with Crippen molar-refractivity contribution in [3.05, 3.63) is 16.7 Å². The Balaban J connectivity index is 1.90. The molecule has 1 aromatic rings. The van der Waals surface area contributed by atoms with E-state index in [2.05, 4.69) is 28.7 Å². The van der Waals surface area contributed by atoms with Crippen molar-refractivity contribution in [2.45, 2.75) is 44.9 Å². The van der Waals surface area contributed by atoms with Crippen LogP contribution in [0.15, 0.2) is 0 Å². The van der Waals surface area contributed by atoms with Crippen LogP contribution in [0.1, 0.15) is 36.5 Å². The number of likely N-dealkylation sites (N-methyl/N-ethyl adjacent to an activating group) is 1. The molecule has 0 spiro atoms. The van der Waals surface area contributed by atoms with E-state index in [1.165, 1.54) is 10.5 Å². The smallest absolute Gasteiger partial charge is 0.237 e. The lowest BCUT2D eigenvalue weighted by Gasteiger charge is -2.25. The fraction of sp³-hybridized carbons (Fsp3) is 0.667. The highest BCUT2D eigenvalue weighted by molar-refractivity contribution is 5.60. The lowest BCUT2D eigenvalue weighted by molar-refractivity contribution is -0.895. The highest BCUT2D eigenvalue weighted by atomic mass is 16.5. The molecule has 1 fully saturated rings. The van der Waals surface area contributed by atoms with Gasteiger partial charge in [0.1, 0.15) is 18.2 Å². The average Bonchev–Trinajstić information content (AvgIpc) is 3.11. The van der Waals surface area contributed by atoms with E-state index in [0.29, 0.717) is 17.9 Å². The molecule has 3 rings (SSSR count). The number of rotatable bonds is 6. The minimum atomic E-state index is -0.477. The van der Waals surface area contributed by atoms with Crippen molar-refractivity contribution in [2.24, 2.45) is 0 Å². The van der Waals surface area contributed by atoms with Gasteiger partial charge in [-0.1, -0.05) is 0 Å². The first-order valence-electron chi connectivity index (χ1n) is 9.18. The van der Waals surface area contributed by atoms with Crippen LogP contribution >= 0.6 is 0 Å². The van der Waals surface area contributed by atoms with Gasteiger partial charge >= 0.3 is 0 Å². The molecule has 2 aliphatic rings. The van der Waals surface area contributed by atoms with Gasteiger partial charge in [0.2, 0.25) is 11.6 Å². The van der Waals surface area contributed by atoms with E-state index in [0.717, 1.165) is 56.9 Å². The Hall–Kier alpha value is -1.88. The van der Waals surface area contributed by atoms with Gasteiger partial charge in [-0.3, -0.25) is 0 Å². The number of pyridine rings is 1. The van der Waals surface area contributed by atoms with Crippen LogP contribution in [0.25, 0.3) is 0 Å². The number of H-pyrrole nitrogens is 1. The maximum Gasteiger partial charge on any atom is 0.237 e. The van der Waals surface area contributed by atoms with E-state index in [1.54, 1.807) is 6.92 Å². The topological polar surface area (TPSA) is 95.9 Å². The SMILES string of the molecule is C[C@H](O)CNc1[nH+]c(NC[C@@H]2CCCO2)c2c(c1C#N)CC[NH+](C)C2. The van der Waals surface area contributed by atoms with Crippen molar-refractivity contribution >= 4 is 11.6 Å². The predicted molar refractivity (Wildman–Crippen MR) is 94.5 cm³/mol. The van der Waals surface area contributed by atoms with Crippen molar-refractivity contribution in [3.8, 4) is 6.07 Å². The molecule has 7 heteroatoms. The van der Waals surface area contributed by atoms with E-state index < -0.39 is 6.10 Å². The summed E-state index contributed by atoms with van der Waals surface area (Å²) in [5.41, 5.74) is 2.99. The van der Waals surface area contributed by atoms with Gasteiger partial charge in [0.05, 0.1) is 44.5 Å². The maximum atomic E-state index is 9.68. The third-order valence-corrected chi connectivity index (χ3v) is 4.96. The first-order valence-corrected chi connectivity index (χ1v) is 9.18. The summed E-state index contributed by atoms with van der Waals surface area (Å²) in [6.45, 7) is 5.66. The zero-order valence-corrected chi connectivity index (χ0v) is 15.1. The van der Waals surface area contributed by atoms with Gasteiger partial charge in [-0.25, -0.2) is 4.98 Å². The van der Waals surface area contributed by atoms with Crippen LogP contribution < -0.4 is 20.5 Å². The summed E-state index contributed by atoms with van der Waals surface area (Å²) in [4.78, 5) is 4.81. The fourth-order valence-corrected chi connectivity index (χ4v) is 3.59. The fourth-order valence-electron chi connectivity index (χ4n) is 3.59.